The minimum Gasteiger partial charge on any atom is -0.497 e. The fourth-order valence-electron chi connectivity index (χ4n) is 1.35. The van der Waals surface area contributed by atoms with Gasteiger partial charge in [0.2, 0.25) is 0 Å². The second kappa shape index (κ2) is 6.06. The average molecular weight is 207 g/mol. The summed E-state index contributed by atoms with van der Waals surface area (Å²) >= 11 is 0. The summed E-state index contributed by atoms with van der Waals surface area (Å²) in [4.78, 5) is 4.64. The van der Waals surface area contributed by atoms with Crippen molar-refractivity contribution in [3.8, 4) is 5.75 Å². The Morgan fingerprint density at radius 2 is 1.93 bits per heavy atom. The third-order valence-electron chi connectivity index (χ3n) is 2.14. The Kier molecular flexibility index (Phi) is 4.68. The molecular weight excluding hydrogens is 190 g/mol. The molecule has 3 heteroatoms. The van der Waals surface area contributed by atoms with E-state index in [4.69, 9.17) is 4.74 Å². The van der Waals surface area contributed by atoms with E-state index in [-0.39, 0.29) is 0 Å². The number of benzene rings is 1. The first-order chi connectivity index (χ1) is 7.26. The molecular formula is C12H17NO2. The van der Waals surface area contributed by atoms with E-state index in [9.17, 15) is 0 Å². The van der Waals surface area contributed by atoms with E-state index in [1.54, 1.807) is 14.2 Å². The van der Waals surface area contributed by atoms with Gasteiger partial charge in [-0.3, -0.25) is 0 Å². The third-order valence-corrected chi connectivity index (χ3v) is 2.14. The van der Waals surface area contributed by atoms with Gasteiger partial charge in [0.1, 0.15) is 12.9 Å². The van der Waals surface area contributed by atoms with Gasteiger partial charge in [0.15, 0.2) is 0 Å². The van der Waals surface area contributed by atoms with Gasteiger partial charge in [-0.25, -0.2) is 0 Å². The molecule has 0 amide bonds. The number of nitrogens with zero attached hydrogens (tertiary/aromatic N) is 1. The van der Waals surface area contributed by atoms with Crippen LogP contribution in [0.1, 0.15) is 12.5 Å². The van der Waals surface area contributed by atoms with E-state index in [2.05, 4.69) is 29.0 Å². The normalized spacial score (nSPS) is 12.7. The van der Waals surface area contributed by atoms with Gasteiger partial charge >= 0.3 is 0 Å². The fourth-order valence-corrected chi connectivity index (χ4v) is 1.35. The molecule has 0 bridgehead atoms. The zero-order valence-electron chi connectivity index (χ0n) is 9.43. The number of oxime groups is 1. The standard InChI is InChI=1S/C12H17NO2/c1-10(9-13-15-3)8-11-4-6-12(14-2)7-5-11/h4-7,9-10H,8H2,1-3H3/b13-9-. The highest BCUT2D eigenvalue weighted by atomic mass is 16.6. The van der Waals surface area contributed by atoms with Crippen molar-refractivity contribution in [1.82, 2.24) is 0 Å². The SMILES string of the molecule is CO/N=C\C(C)Cc1ccc(OC)cc1. The van der Waals surface area contributed by atoms with Crippen LogP contribution in [0, 0.1) is 5.92 Å². The zero-order valence-corrected chi connectivity index (χ0v) is 9.43. The van der Waals surface area contributed by atoms with Gasteiger partial charge in [0, 0.05) is 6.21 Å². The Labute approximate surface area is 90.7 Å². The molecule has 1 aromatic rings. The summed E-state index contributed by atoms with van der Waals surface area (Å²) in [6.45, 7) is 2.10. The van der Waals surface area contributed by atoms with Crippen molar-refractivity contribution in [3.63, 3.8) is 0 Å². The Morgan fingerprint density at radius 3 is 2.47 bits per heavy atom. The lowest BCUT2D eigenvalue weighted by Gasteiger charge is -2.06. The van der Waals surface area contributed by atoms with Gasteiger partial charge in [-0.15, -0.1) is 0 Å². The minimum atomic E-state index is 0.373. The molecule has 0 N–H and O–H groups in total. The largest absolute Gasteiger partial charge is 0.497 e. The molecule has 1 rings (SSSR count). The smallest absolute Gasteiger partial charge is 0.118 e. The second-order valence-corrected chi connectivity index (χ2v) is 3.47. The summed E-state index contributed by atoms with van der Waals surface area (Å²) in [5.74, 6) is 1.26. The second-order valence-electron chi connectivity index (χ2n) is 3.47. The molecule has 0 saturated carbocycles. The van der Waals surface area contributed by atoms with Crippen LogP contribution in [0.4, 0.5) is 0 Å². The molecule has 0 heterocycles. The maximum Gasteiger partial charge on any atom is 0.118 e. The van der Waals surface area contributed by atoms with Crippen molar-refractivity contribution in [2.75, 3.05) is 14.2 Å². The summed E-state index contributed by atoms with van der Waals surface area (Å²) in [7, 11) is 3.22. The van der Waals surface area contributed by atoms with Crippen LogP contribution >= 0.6 is 0 Å². The molecule has 0 aliphatic rings. The van der Waals surface area contributed by atoms with Crippen LogP contribution in [0.15, 0.2) is 29.4 Å². The molecule has 0 fully saturated rings. The van der Waals surface area contributed by atoms with Crippen molar-refractivity contribution in [2.45, 2.75) is 13.3 Å². The summed E-state index contributed by atoms with van der Waals surface area (Å²) < 4.78 is 5.09. The molecule has 1 atom stereocenters. The molecule has 1 aromatic carbocycles. The van der Waals surface area contributed by atoms with Crippen LogP contribution in [-0.4, -0.2) is 20.4 Å². The van der Waals surface area contributed by atoms with E-state index < -0.39 is 0 Å². The van der Waals surface area contributed by atoms with Gasteiger partial charge in [-0.05, 0) is 30.0 Å². The van der Waals surface area contributed by atoms with Crippen molar-refractivity contribution < 1.29 is 9.57 Å². The number of rotatable bonds is 5. The van der Waals surface area contributed by atoms with E-state index in [0.717, 1.165) is 12.2 Å². The maximum atomic E-state index is 5.09. The lowest BCUT2D eigenvalue weighted by molar-refractivity contribution is 0.213. The van der Waals surface area contributed by atoms with Crippen molar-refractivity contribution >= 4 is 6.21 Å². The Balaban J connectivity index is 2.53. The molecule has 0 aliphatic heterocycles. The predicted octanol–water partition coefficient (Wildman–Crippen LogP) is 2.51. The van der Waals surface area contributed by atoms with E-state index in [0.29, 0.717) is 5.92 Å². The Hall–Kier alpha value is -1.51. The number of hydrogen-bond donors (Lipinski definition) is 0. The molecule has 0 saturated heterocycles. The molecule has 1 unspecified atom stereocenters. The Bertz CT molecular complexity index is 306. The van der Waals surface area contributed by atoms with Crippen molar-refractivity contribution in [3.05, 3.63) is 29.8 Å². The van der Waals surface area contributed by atoms with Crippen LogP contribution in [0.5, 0.6) is 5.75 Å². The van der Waals surface area contributed by atoms with Crippen LogP contribution in [-0.2, 0) is 11.3 Å². The number of hydrogen-bond acceptors (Lipinski definition) is 3. The molecule has 0 spiro atoms. The maximum absolute atomic E-state index is 5.09. The van der Waals surface area contributed by atoms with E-state index in [1.165, 1.54) is 5.56 Å². The van der Waals surface area contributed by atoms with Gasteiger partial charge in [0.25, 0.3) is 0 Å². The predicted molar refractivity (Wildman–Crippen MR) is 61.4 cm³/mol. The summed E-state index contributed by atoms with van der Waals surface area (Å²) in [6.07, 6.45) is 2.76. The topological polar surface area (TPSA) is 30.8 Å². The third kappa shape index (κ3) is 4.02. The number of ether oxygens (including phenoxy) is 1. The highest BCUT2D eigenvalue weighted by Gasteiger charge is 2.01. The highest BCUT2D eigenvalue weighted by Crippen LogP contribution is 2.13. The minimum absolute atomic E-state index is 0.373. The van der Waals surface area contributed by atoms with Crippen LogP contribution in [0.3, 0.4) is 0 Å². The van der Waals surface area contributed by atoms with Crippen LogP contribution < -0.4 is 4.74 Å². The van der Waals surface area contributed by atoms with E-state index in [1.807, 2.05) is 18.3 Å². The van der Waals surface area contributed by atoms with Crippen molar-refractivity contribution in [1.29, 1.82) is 0 Å². The average Bonchev–Trinajstić information content (AvgIpc) is 2.27. The molecule has 82 valence electrons. The van der Waals surface area contributed by atoms with Crippen molar-refractivity contribution in [2.24, 2.45) is 11.1 Å². The van der Waals surface area contributed by atoms with Crippen LogP contribution in [0.2, 0.25) is 0 Å². The Morgan fingerprint density at radius 1 is 1.27 bits per heavy atom. The summed E-state index contributed by atoms with van der Waals surface area (Å²) in [6, 6.07) is 8.07. The first-order valence-electron chi connectivity index (χ1n) is 4.96. The lowest BCUT2D eigenvalue weighted by Crippen LogP contribution is -2.01. The van der Waals surface area contributed by atoms with Gasteiger partial charge in [0.05, 0.1) is 7.11 Å². The molecule has 0 aliphatic carbocycles. The first-order valence-corrected chi connectivity index (χ1v) is 4.96. The van der Waals surface area contributed by atoms with Gasteiger partial charge in [-0.1, -0.05) is 24.2 Å². The van der Waals surface area contributed by atoms with Gasteiger partial charge < -0.3 is 9.57 Å². The van der Waals surface area contributed by atoms with E-state index >= 15 is 0 Å². The number of methoxy groups -OCH3 is 1. The molecule has 3 nitrogen and oxygen atoms in total. The highest BCUT2D eigenvalue weighted by molar-refractivity contribution is 5.60. The molecule has 15 heavy (non-hydrogen) atoms. The lowest BCUT2D eigenvalue weighted by atomic mass is 10.0. The summed E-state index contributed by atoms with van der Waals surface area (Å²) in [5.41, 5.74) is 1.27. The molecule has 0 aromatic heterocycles. The quantitative estimate of drug-likeness (QED) is 0.548. The monoisotopic (exact) mass is 207 g/mol. The van der Waals surface area contributed by atoms with Gasteiger partial charge in [-0.2, -0.15) is 0 Å². The molecule has 0 radical (unpaired) electrons. The first kappa shape index (κ1) is 11.6. The summed E-state index contributed by atoms with van der Waals surface area (Å²) in [5, 5.41) is 3.75. The fraction of sp³-hybridized carbons (Fsp3) is 0.417. The zero-order chi connectivity index (χ0) is 11.1. The van der Waals surface area contributed by atoms with Crippen LogP contribution in [0.25, 0.3) is 0 Å².